The fourth-order valence-corrected chi connectivity index (χ4v) is 1.47. The number of hydrogen-bond acceptors (Lipinski definition) is 2. The third-order valence-electron chi connectivity index (χ3n) is 2.77. The Hall–Kier alpha value is -1.84. The molecule has 0 aliphatic carbocycles. The molecular weight excluding hydrogens is 202 g/mol. The van der Waals surface area contributed by atoms with Gasteiger partial charge in [0.15, 0.2) is 0 Å². The summed E-state index contributed by atoms with van der Waals surface area (Å²) in [5.74, 6) is 0.102. The highest BCUT2D eigenvalue weighted by atomic mass is 16.1. The van der Waals surface area contributed by atoms with Gasteiger partial charge in [0.25, 0.3) is 0 Å². The average Bonchev–Trinajstić information content (AvgIpc) is 2.75. The predicted octanol–water partition coefficient (Wildman–Crippen LogP) is 2.55. The second-order valence-corrected chi connectivity index (χ2v) is 3.97. The Morgan fingerprint density at radius 2 is 2.38 bits per heavy atom. The van der Waals surface area contributed by atoms with Crippen LogP contribution in [0.3, 0.4) is 0 Å². The van der Waals surface area contributed by atoms with E-state index in [4.69, 9.17) is 0 Å². The van der Waals surface area contributed by atoms with E-state index in [2.05, 4.69) is 15.5 Å². The molecule has 0 saturated carbocycles. The third kappa shape index (κ3) is 2.05. The predicted molar refractivity (Wildman–Crippen MR) is 64.2 cm³/mol. The van der Waals surface area contributed by atoms with Crippen molar-refractivity contribution in [3.63, 3.8) is 0 Å². The molecule has 16 heavy (non-hydrogen) atoms. The van der Waals surface area contributed by atoms with Crippen LogP contribution in [0.15, 0.2) is 24.4 Å². The van der Waals surface area contributed by atoms with Crippen LogP contribution in [0.4, 0.5) is 5.69 Å². The molecule has 2 aromatic rings. The molecule has 4 nitrogen and oxygen atoms in total. The monoisotopic (exact) mass is 217 g/mol. The van der Waals surface area contributed by atoms with E-state index in [1.165, 1.54) is 0 Å². The first-order valence-corrected chi connectivity index (χ1v) is 5.44. The number of hydrogen-bond donors (Lipinski definition) is 2. The van der Waals surface area contributed by atoms with E-state index in [9.17, 15) is 4.79 Å². The summed E-state index contributed by atoms with van der Waals surface area (Å²) in [5.41, 5.74) is 1.79. The normalized spacial score (nSPS) is 12.6. The minimum atomic E-state index is 0.0417. The van der Waals surface area contributed by atoms with Crippen LogP contribution in [0.2, 0.25) is 0 Å². The van der Waals surface area contributed by atoms with Gasteiger partial charge in [-0.15, -0.1) is 0 Å². The molecule has 1 heterocycles. The van der Waals surface area contributed by atoms with Gasteiger partial charge in [-0.3, -0.25) is 9.89 Å². The number of fused-ring (bicyclic) bond motifs is 1. The molecular formula is C12H15N3O. The molecule has 0 aliphatic rings. The zero-order chi connectivity index (χ0) is 11.5. The van der Waals surface area contributed by atoms with Crippen molar-refractivity contribution in [1.82, 2.24) is 10.2 Å². The lowest BCUT2D eigenvalue weighted by Crippen LogP contribution is -2.19. The molecule has 1 unspecified atom stereocenters. The van der Waals surface area contributed by atoms with Crippen molar-refractivity contribution < 1.29 is 4.79 Å². The number of H-pyrrole nitrogens is 1. The third-order valence-corrected chi connectivity index (χ3v) is 2.77. The molecule has 0 fully saturated rings. The topological polar surface area (TPSA) is 57.8 Å². The van der Waals surface area contributed by atoms with E-state index in [0.717, 1.165) is 23.0 Å². The number of nitrogens with one attached hydrogen (secondary N) is 2. The summed E-state index contributed by atoms with van der Waals surface area (Å²) in [6.07, 6.45) is 2.59. The van der Waals surface area contributed by atoms with E-state index in [1.807, 2.05) is 32.0 Å². The van der Waals surface area contributed by atoms with E-state index < -0.39 is 0 Å². The highest BCUT2D eigenvalue weighted by Gasteiger charge is 2.10. The number of anilines is 1. The molecule has 0 radical (unpaired) electrons. The fourth-order valence-electron chi connectivity index (χ4n) is 1.47. The molecule has 0 saturated heterocycles. The van der Waals surface area contributed by atoms with Gasteiger partial charge in [-0.1, -0.05) is 13.8 Å². The second kappa shape index (κ2) is 4.35. The smallest absolute Gasteiger partial charge is 0.227 e. The van der Waals surface area contributed by atoms with Gasteiger partial charge in [-0.2, -0.15) is 5.10 Å². The SMILES string of the molecule is CCC(C)C(=O)Nc1ccc2[nH]ncc2c1. The Balaban J connectivity index is 2.17. The zero-order valence-electron chi connectivity index (χ0n) is 9.45. The minimum absolute atomic E-state index is 0.0417. The summed E-state index contributed by atoms with van der Waals surface area (Å²) in [4.78, 5) is 11.7. The lowest BCUT2D eigenvalue weighted by Gasteiger charge is -2.09. The van der Waals surface area contributed by atoms with Gasteiger partial charge in [0.1, 0.15) is 0 Å². The number of aromatic nitrogens is 2. The molecule has 0 spiro atoms. The number of carbonyl (C=O) groups excluding carboxylic acids is 1. The van der Waals surface area contributed by atoms with Crippen LogP contribution in [0.25, 0.3) is 10.9 Å². The molecule has 1 aromatic heterocycles. The van der Waals surface area contributed by atoms with Gasteiger partial charge < -0.3 is 5.32 Å². The maximum absolute atomic E-state index is 11.7. The van der Waals surface area contributed by atoms with E-state index >= 15 is 0 Å². The highest BCUT2D eigenvalue weighted by Crippen LogP contribution is 2.17. The minimum Gasteiger partial charge on any atom is -0.326 e. The van der Waals surface area contributed by atoms with Crippen LogP contribution < -0.4 is 5.32 Å². The standard InChI is InChI=1S/C12H15N3O/c1-3-8(2)12(16)14-10-4-5-11-9(6-10)7-13-15-11/h4-8H,3H2,1-2H3,(H,13,15)(H,14,16). The Bertz CT molecular complexity index is 504. The Kier molecular flexibility index (Phi) is 2.90. The second-order valence-electron chi connectivity index (χ2n) is 3.97. The van der Waals surface area contributed by atoms with Crippen molar-refractivity contribution >= 4 is 22.5 Å². The lowest BCUT2D eigenvalue weighted by atomic mass is 10.1. The van der Waals surface area contributed by atoms with E-state index in [-0.39, 0.29) is 11.8 Å². The first-order chi connectivity index (χ1) is 7.70. The molecule has 1 aromatic carbocycles. The molecule has 0 aliphatic heterocycles. The molecule has 4 heteroatoms. The van der Waals surface area contributed by atoms with Crippen molar-refractivity contribution in [3.8, 4) is 0 Å². The first-order valence-electron chi connectivity index (χ1n) is 5.44. The summed E-state index contributed by atoms with van der Waals surface area (Å²) in [6, 6.07) is 5.70. The van der Waals surface area contributed by atoms with Crippen LogP contribution in [0.5, 0.6) is 0 Å². The summed E-state index contributed by atoms with van der Waals surface area (Å²) in [7, 11) is 0. The number of rotatable bonds is 3. The van der Waals surface area contributed by atoms with Crippen LogP contribution in [0, 0.1) is 5.92 Å². The van der Waals surface area contributed by atoms with Gasteiger partial charge in [0.2, 0.25) is 5.91 Å². The van der Waals surface area contributed by atoms with Gasteiger partial charge >= 0.3 is 0 Å². The largest absolute Gasteiger partial charge is 0.326 e. The fraction of sp³-hybridized carbons (Fsp3) is 0.333. The summed E-state index contributed by atoms with van der Waals surface area (Å²) in [5, 5.41) is 10.7. The summed E-state index contributed by atoms with van der Waals surface area (Å²) >= 11 is 0. The molecule has 1 amide bonds. The zero-order valence-corrected chi connectivity index (χ0v) is 9.45. The Morgan fingerprint density at radius 3 is 3.12 bits per heavy atom. The average molecular weight is 217 g/mol. The number of aromatic amines is 1. The summed E-state index contributed by atoms with van der Waals surface area (Å²) < 4.78 is 0. The van der Waals surface area contributed by atoms with Crippen LogP contribution in [0.1, 0.15) is 20.3 Å². The van der Waals surface area contributed by atoms with Gasteiger partial charge in [0, 0.05) is 17.0 Å². The number of carbonyl (C=O) groups is 1. The van der Waals surface area contributed by atoms with Gasteiger partial charge in [-0.05, 0) is 24.6 Å². The number of amides is 1. The summed E-state index contributed by atoms with van der Waals surface area (Å²) in [6.45, 7) is 3.93. The maximum Gasteiger partial charge on any atom is 0.227 e. The number of nitrogens with zero attached hydrogens (tertiary/aromatic N) is 1. The lowest BCUT2D eigenvalue weighted by molar-refractivity contribution is -0.119. The van der Waals surface area contributed by atoms with Crippen LogP contribution >= 0.6 is 0 Å². The Morgan fingerprint density at radius 1 is 1.56 bits per heavy atom. The first kappa shape index (κ1) is 10.7. The van der Waals surface area contributed by atoms with Gasteiger partial charge in [-0.25, -0.2) is 0 Å². The maximum atomic E-state index is 11.7. The van der Waals surface area contributed by atoms with Crippen LogP contribution in [-0.4, -0.2) is 16.1 Å². The molecule has 2 N–H and O–H groups in total. The quantitative estimate of drug-likeness (QED) is 0.830. The Labute approximate surface area is 94.0 Å². The van der Waals surface area contributed by atoms with Crippen molar-refractivity contribution in [1.29, 1.82) is 0 Å². The molecule has 84 valence electrons. The number of benzene rings is 1. The van der Waals surface area contributed by atoms with Crippen molar-refractivity contribution in [3.05, 3.63) is 24.4 Å². The van der Waals surface area contributed by atoms with Crippen molar-refractivity contribution in [2.45, 2.75) is 20.3 Å². The van der Waals surface area contributed by atoms with Gasteiger partial charge in [0.05, 0.1) is 11.7 Å². The van der Waals surface area contributed by atoms with E-state index in [0.29, 0.717) is 0 Å². The van der Waals surface area contributed by atoms with Crippen molar-refractivity contribution in [2.75, 3.05) is 5.32 Å². The molecule has 0 bridgehead atoms. The van der Waals surface area contributed by atoms with Crippen LogP contribution in [-0.2, 0) is 4.79 Å². The highest BCUT2D eigenvalue weighted by molar-refractivity contribution is 5.94. The molecule has 1 atom stereocenters. The van der Waals surface area contributed by atoms with E-state index in [1.54, 1.807) is 6.20 Å². The molecule has 2 rings (SSSR count). The van der Waals surface area contributed by atoms with Crippen molar-refractivity contribution in [2.24, 2.45) is 5.92 Å².